The van der Waals surface area contributed by atoms with Gasteiger partial charge in [-0.2, -0.15) is 0 Å². The third-order valence-corrected chi connectivity index (χ3v) is 2.72. The second kappa shape index (κ2) is 3.31. The van der Waals surface area contributed by atoms with E-state index in [-0.39, 0.29) is 12.3 Å². The number of carbonyl (C=O) groups excluding carboxylic acids is 1. The largest absolute Gasteiger partial charge is 0.478 e. The summed E-state index contributed by atoms with van der Waals surface area (Å²) in [5.41, 5.74) is 5.36. The van der Waals surface area contributed by atoms with E-state index in [1.807, 2.05) is 6.07 Å². The number of para-hydroxylation sites is 1. The Morgan fingerprint density at radius 1 is 1.50 bits per heavy atom. The number of anilines is 1. The molecule has 1 atom stereocenters. The molecule has 0 aliphatic carbocycles. The quantitative estimate of drug-likeness (QED) is 0.752. The molecule has 0 aromatic heterocycles. The van der Waals surface area contributed by atoms with E-state index in [0.717, 1.165) is 10.5 Å². The first-order valence-electron chi connectivity index (χ1n) is 4.88. The lowest BCUT2D eigenvalue weighted by molar-refractivity contribution is -0.144. The summed E-state index contributed by atoms with van der Waals surface area (Å²) in [6, 6.07) is 7.06. The Morgan fingerprint density at radius 2 is 2.12 bits per heavy atom. The molecule has 1 aromatic carbocycles. The van der Waals surface area contributed by atoms with Gasteiger partial charge in [0.2, 0.25) is 5.91 Å². The van der Waals surface area contributed by atoms with Gasteiger partial charge in [-0.25, -0.2) is 4.79 Å². The van der Waals surface area contributed by atoms with Crippen molar-refractivity contribution in [2.45, 2.75) is 19.0 Å². The van der Waals surface area contributed by atoms with Crippen LogP contribution in [0.25, 0.3) is 0 Å². The highest BCUT2D eigenvalue weighted by Crippen LogP contribution is 2.32. The van der Waals surface area contributed by atoms with Crippen LogP contribution in [0, 0.1) is 0 Å². The van der Waals surface area contributed by atoms with Gasteiger partial charge in [-0.05, 0) is 18.6 Å². The van der Waals surface area contributed by atoms with Gasteiger partial charge in [-0.3, -0.25) is 15.4 Å². The monoisotopic (exact) mass is 220 g/mol. The molecule has 3 N–H and O–H groups in total. The van der Waals surface area contributed by atoms with Crippen LogP contribution in [0.2, 0.25) is 0 Å². The van der Waals surface area contributed by atoms with E-state index in [2.05, 4.69) is 0 Å². The number of carbonyl (C=O) groups is 2. The molecule has 0 saturated heterocycles. The zero-order chi connectivity index (χ0) is 11.9. The first kappa shape index (κ1) is 10.6. The lowest BCUT2D eigenvalue weighted by Gasteiger charge is -2.31. The highest BCUT2D eigenvalue weighted by atomic mass is 16.4. The van der Waals surface area contributed by atoms with Gasteiger partial charge in [0.1, 0.15) is 0 Å². The lowest BCUT2D eigenvalue weighted by Crippen LogP contribution is -2.60. The molecule has 5 heteroatoms. The van der Waals surface area contributed by atoms with Gasteiger partial charge < -0.3 is 5.11 Å². The van der Waals surface area contributed by atoms with Crippen LogP contribution in [0.15, 0.2) is 24.3 Å². The topological polar surface area (TPSA) is 83.6 Å². The smallest absolute Gasteiger partial charge is 0.344 e. The third kappa shape index (κ3) is 1.37. The fourth-order valence-electron chi connectivity index (χ4n) is 1.86. The van der Waals surface area contributed by atoms with Gasteiger partial charge in [0.25, 0.3) is 0 Å². The molecule has 0 fully saturated rings. The van der Waals surface area contributed by atoms with Gasteiger partial charge in [-0.15, -0.1) is 0 Å². The van der Waals surface area contributed by atoms with Crippen LogP contribution < -0.4 is 10.6 Å². The van der Waals surface area contributed by atoms with Crippen molar-refractivity contribution in [1.82, 2.24) is 0 Å². The average Bonchev–Trinajstić information content (AvgIpc) is 2.53. The molecule has 0 bridgehead atoms. The van der Waals surface area contributed by atoms with Gasteiger partial charge in [0.05, 0.1) is 6.42 Å². The zero-order valence-electron chi connectivity index (χ0n) is 8.80. The summed E-state index contributed by atoms with van der Waals surface area (Å²) in [5.74, 6) is -1.51. The lowest BCUT2D eigenvalue weighted by atomic mass is 10.1. The fourth-order valence-corrected chi connectivity index (χ4v) is 1.86. The van der Waals surface area contributed by atoms with Crippen molar-refractivity contribution in [2.75, 3.05) is 4.90 Å². The minimum absolute atomic E-state index is 0.205. The number of nitrogens with two attached hydrogens (primary N) is 1. The molecule has 1 aliphatic rings. The van der Waals surface area contributed by atoms with Crippen molar-refractivity contribution in [2.24, 2.45) is 5.73 Å². The second-order valence-electron chi connectivity index (χ2n) is 3.99. The molecule has 0 saturated carbocycles. The van der Waals surface area contributed by atoms with Crippen LogP contribution in [0.1, 0.15) is 12.5 Å². The molecule has 1 aromatic rings. The Bertz CT molecular complexity index is 468. The van der Waals surface area contributed by atoms with Gasteiger partial charge in [0.15, 0.2) is 5.66 Å². The maximum atomic E-state index is 11.8. The van der Waals surface area contributed by atoms with Gasteiger partial charge in [0, 0.05) is 5.69 Å². The van der Waals surface area contributed by atoms with E-state index in [9.17, 15) is 9.59 Å². The van der Waals surface area contributed by atoms with E-state index >= 15 is 0 Å². The molecule has 0 radical (unpaired) electrons. The van der Waals surface area contributed by atoms with Crippen LogP contribution in [0.5, 0.6) is 0 Å². The highest BCUT2D eigenvalue weighted by molar-refractivity contribution is 6.06. The molecule has 2 rings (SSSR count). The Labute approximate surface area is 92.5 Å². The molecular weight excluding hydrogens is 208 g/mol. The second-order valence-corrected chi connectivity index (χ2v) is 3.99. The number of hydrogen-bond donors (Lipinski definition) is 2. The van der Waals surface area contributed by atoms with E-state index < -0.39 is 11.6 Å². The summed E-state index contributed by atoms with van der Waals surface area (Å²) in [6.07, 6.45) is 0.205. The minimum Gasteiger partial charge on any atom is -0.478 e. The molecule has 1 heterocycles. The van der Waals surface area contributed by atoms with Crippen molar-refractivity contribution in [3.8, 4) is 0 Å². The standard InChI is InChI=1S/C11H12N2O3/c1-11(12,10(15)16)13-8-5-3-2-4-7(8)6-9(13)14/h2-5H,6,12H2,1H3,(H,15,16). The number of nitrogens with zero attached hydrogens (tertiary/aromatic N) is 1. The summed E-state index contributed by atoms with van der Waals surface area (Å²) in [4.78, 5) is 24.0. The molecule has 1 aliphatic heterocycles. The first-order valence-corrected chi connectivity index (χ1v) is 4.88. The fraction of sp³-hybridized carbons (Fsp3) is 0.273. The normalized spacial score (nSPS) is 18.1. The Kier molecular flexibility index (Phi) is 2.20. The number of fused-ring (bicyclic) bond motifs is 1. The van der Waals surface area contributed by atoms with Crippen molar-refractivity contribution in [3.63, 3.8) is 0 Å². The van der Waals surface area contributed by atoms with Gasteiger partial charge in [-0.1, -0.05) is 18.2 Å². The summed E-state index contributed by atoms with van der Waals surface area (Å²) < 4.78 is 0. The van der Waals surface area contributed by atoms with E-state index in [4.69, 9.17) is 10.8 Å². The summed E-state index contributed by atoms with van der Waals surface area (Å²) in [5, 5.41) is 9.03. The van der Waals surface area contributed by atoms with Crippen molar-refractivity contribution in [1.29, 1.82) is 0 Å². The van der Waals surface area contributed by atoms with E-state index in [0.29, 0.717) is 5.69 Å². The molecule has 5 nitrogen and oxygen atoms in total. The Hall–Kier alpha value is -1.88. The Balaban J connectivity index is 2.51. The van der Waals surface area contributed by atoms with Crippen LogP contribution in [0.4, 0.5) is 5.69 Å². The van der Waals surface area contributed by atoms with Crippen LogP contribution in [0.3, 0.4) is 0 Å². The van der Waals surface area contributed by atoms with Crippen molar-refractivity contribution in [3.05, 3.63) is 29.8 Å². The number of aliphatic carboxylic acids is 1. The number of hydrogen-bond acceptors (Lipinski definition) is 3. The zero-order valence-corrected chi connectivity index (χ0v) is 8.80. The van der Waals surface area contributed by atoms with E-state index in [1.54, 1.807) is 18.2 Å². The summed E-state index contributed by atoms with van der Waals surface area (Å²) >= 11 is 0. The molecular formula is C11H12N2O3. The highest BCUT2D eigenvalue weighted by Gasteiger charge is 2.43. The summed E-state index contributed by atoms with van der Waals surface area (Å²) in [6.45, 7) is 1.31. The molecule has 16 heavy (non-hydrogen) atoms. The van der Waals surface area contributed by atoms with Gasteiger partial charge >= 0.3 is 5.97 Å². The average molecular weight is 220 g/mol. The number of benzene rings is 1. The van der Waals surface area contributed by atoms with Crippen LogP contribution in [-0.2, 0) is 16.0 Å². The third-order valence-electron chi connectivity index (χ3n) is 2.72. The maximum absolute atomic E-state index is 11.8. The summed E-state index contributed by atoms with van der Waals surface area (Å²) in [7, 11) is 0. The van der Waals surface area contributed by atoms with Crippen LogP contribution >= 0.6 is 0 Å². The predicted molar refractivity (Wildman–Crippen MR) is 57.9 cm³/mol. The maximum Gasteiger partial charge on any atom is 0.344 e. The number of amides is 1. The van der Waals surface area contributed by atoms with E-state index in [1.165, 1.54) is 6.92 Å². The van der Waals surface area contributed by atoms with Crippen molar-refractivity contribution >= 4 is 17.6 Å². The molecule has 84 valence electrons. The predicted octanol–water partition coefficient (Wildman–Crippen LogP) is 0.335. The number of rotatable bonds is 2. The Morgan fingerprint density at radius 3 is 2.75 bits per heavy atom. The first-order chi connectivity index (χ1) is 7.44. The number of carboxylic acid groups (broad SMARTS) is 1. The van der Waals surface area contributed by atoms with Crippen molar-refractivity contribution < 1.29 is 14.7 Å². The molecule has 1 amide bonds. The molecule has 1 unspecified atom stereocenters. The minimum atomic E-state index is -1.70. The SMILES string of the molecule is CC(N)(C(=O)O)N1C(=O)Cc2ccccc21. The number of carboxylic acids is 1. The molecule has 0 spiro atoms. The van der Waals surface area contributed by atoms with Crippen LogP contribution in [-0.4, -0.2) is 22.6 Å².